The first-order valence-electron chi connectivity index (χ1n) is 6.12. The summed E-state index contributed by atoms with van der Waals surface area (Å²) >= 11 is 3.55. The number of hydrogen-bond donors (Lipinski definition) is 1. The van der Waals surface area contributed by atoms with Crippen molar-refractivity contribution in [2.24, 2.45) is 0 Å². The predicted octanol–water partition coefficient (Wildman–Crippen LogP) is 3.48. The van der Waals surface area contributed by atoms with Crippen LogP contribution in [0.3, 0.4) is 0 Å². The Labute approximate surface area is 116 Å². The van der Waals surface area contributed by atoms with Crippen LogP contribution < -0.4 is 5.73 Å². The van der Waals surface area contributed by atoms with Crippen LogP contribution in [0.2, 0.25) is 0 Å². The molecule has 0 aliphatic heterocycles. The summed E-state index contributed by atoms with van der Waals surface area (Å²) in [7, 11) is 0. The molecule has 0 fully saturated rings. The van der Waals surface area contributed by atoms with Gasteiger partial charge in [-0.15, -0.1) is 0 Å². The van der Waals surface area contributed by atoms with Crippen molar-refractivity contribution in [3.05, 3.63) is 45.7 Å². The van der Waals surface area contributed by atoms with E-state index in [2.05, 4.69) is 44.8 Å². The van der Waals surface area contributed by atoms with E-state index >= 15 is 0 Å². The normalized spacial score (nSPS) is 10.8. The molecule has 0 saturated carbocycles. The van der Waals surface area contributed by atoms with Crippen molar-refractivity contribution in [2.75, 3.05) is 5.73 Å². The molecule has 0 radical (unpaired) electrons. The van der Waals surface area contributed by atoms with E-state index in [0.29, 0.717) is 0 Å². The lowest BCUT2D eigenvalue weighted by molar-refractivity contribution is 0.562. The third-order valence-electron chi connectivity index (χ3n) is 3.11. The number of nitrogens with two attached hydrogens (primary N) is 1. The van der Waals surface area contributed by atoms with Gasteiger partial charge in [0.2, 0.25) is 0 Å². The minimum atomic E-state index is 0.821. The summed E-state index contributed by atoms with van der Waals surface area (Å²) in [5, 5.41) is 4.50. The maximum Gasteiger partial charge on any atom is 0.0738 e. The Balaban J connectivity index is 1.92. The van der Waals surface area contributed by atoms with Gasteiger partial charge in [-0.3, -0.25) is 4.68 Å². The van der Waals surface area contributed by atoms with Gasteiger partial charge in [0, 0.05) is 17.9 Å². The average Bonchev–Trinajstić information content (AvgIpc) is 2.60. The molecule has 1 aromatic carbocycles. The first-order valence-corrected chi connectivity index (χ1v) is 6.91. The van der Waals surface area contributed by atoms with Crippen LogP contribution in [0.1, 0.15) is 23.4 Å². The second kappa shape index (κ2) is 5.57. The fourth-order valence-corrected chi connectivity index (χ4v) is 2.29. The zero-order chi connectivity index (χ0) is 13.1. The lowest BCUT2D eigenvalue weighted by atomic mass is 10.1. The maximum atomic E-state index is 5.67. The van der Waals surface area contributed by atoms with E-state index < -0.39 is 0 Å². The van der Waals surface area contributed by atoms with Crippen molar-refractivity contribution >= 4 is 21.6 Å². The molecule has 0 amide bonds. The fourth-order valence-electron chi connectivity index (χ4n) is 2.01. The molecular formula is C14H18BrN3. The van der Waals surface area contributed by atoms with E-state index in [9.17, 15) is 0 Å². The van der Waals surface area contributed by atoms with Gasteiger partial charge in [-0.05, 0) is 60.3 Å². The molecule has 0 aliphatic carbocycles. The summed E-state index contributed by atoms with van der Waals surface area (Å²) in [6.07, 6.45) is 2.13. The summed E-state index contributed by atoms with van der Waals surface area (Å²) in [6, 6.07) is 8.09. The van der Waals surface area contributed by atoms with Gasteiger partial charge in [-0.2, -0.15) is 5.10 Å². The summed E-state index contributed by atoms with van der Waals surface area (Å²) in [6.45, 7) is 5.06. The van der Waals surface area contributed by atoms with Gasteiger partial charge in [0.25, 0.3) is 0 Å². The molecular weight excluding hydrogens is 290 g/mol. The van der Waals surface area contributed by atoms with Crippen LogP contribution in [0.25, 0.3) is 0 Å². The number of nitrogens with zero attached hydrogens (tertiary/aromatic N) is 2. The van der Waals surface area contributed by atoms with Crippen molar-refractivity contribution < 1.29 is 0 Å². The Morgan fingerprint density at radius 3 is 2.44 bits per heavy atom. The van der Waals surface area contributed by atoms with Crippen molar-refractivity contribution in [3.63, 3.8) is 0 Å². The Bertz CT molecular complexity index is 529. The molecule has 1 aromatic heterocycles. The minimum Gasteiger partial charge on any atom is -0.399 e. The number of aromatic nitrogens is 2. The predicted molar refractivity (Wildman–Crippen MR) is 78.6 cm³/mol. The average molecular weight is 308 g/mol. The van der Waals surface area contributed by atoms with Gasteiger partial charge >= 0.3 is 0 Å². The quantitative estimate of drug-likeness (QED) is 0.879. The maximum absolute atomic E-state index is 5.67. The smallest absolute Gasteiger partial charge is 0.0738 e. The number of benzene rings is 1. The number of nitrogen functional groups attached to an aromatic ring is 1. The van der Waals surface area contributed by atoms with Crippen LogP contribution >= 0.6 is 15.9 Å². The molecule has 0 aliphatic rings. The van der Waals surface area contributed by atoms with Crippen molar-refractivity contribution in [2.45, 2.75) is 33.2 Å². The highest BCUT2D eigenvalue weighted by atomic mass is 79.9. The van der Waals surface area contributed by atoms with E-state index in [1.165, 1.54) is 11.3 Å². The number of aryl methyl sites for hydroxylation is 3. The van der Waals surface area contributed by atoms with Gasteiger partial charge in [0.1, 0.15) is 0 Å². The molecule has 1 heterocycles. The van der Waals surface area contributed by atoms with E-state index in [0.717, 1.165) is 35.2 Å². The van der Waals surface area contributed by atoms with Crippen LogP contribution in [0.5, 0.6) is 0 Å². The van der Waals surface area contributed by atoms with E-state index in [1.807, 2.05) is 19.1 Å². The molecule has 2 rings (SSSR count). The molecule has 0 saturated heterocycles. The van der Waals surface area contributed by atoms with E-state index in [-0.39, 0.29) is 0 Å². The number of halogens is 1. The SMILES string of the molecule is Cc1nn(CCCc2ccc(N)cc2)c(C)c1Br. The van der Waals surface area contributed by atoms with Gasteiger partial charge < -0.3 is 5.73 Å². The largest absolute Gasteiger partial charge is 0.399 e. The second-order valence-electron chi connectivity index (χ2n) is 4.55. The third-order valence-corrected chi connectivity index (χ3v) is 4.26. The van der Waals surface area contributed by atoms with Crippen LogP contribution in [-0.2, 0) is 13.0 Å². The van der Waals surface area contributed by atoms with E-state index in [1.54, 1.807) is 0 Å². The van der Waals surface area contributed by atoms with Crippen LogP contribution in [0.4, 0.5) is 5.69 Å². The summed E-state index contributed by atoms with van der Waals surface area (Å²) in [5.74, 6) is 0. The van der Waals surface area contributed by atoms with E-state index in [4.69, 9.17) is 5.73 Å². The van der Waals surface area contributed by atoms with Gasteiger partial charge in [0.05, 0.1) is 10.2 Å². The Morgan fingerprint density at radius 2 is 1.89 bits per heavy atom. The van der Waals surface area contributed by atoms with Crippen LogP contribution in [0.15, 0.2) is 28.7 Å². The Hall–Kier alpha value is -1.29. The Morgan fingerprint density at radius 1 is 1.22 bits per heavy atom. The number of hydrogen-bond acceptors (Lipinski definition) is 2. The van der Waals surface area contributed by atoms with Gasteiger partial charge in [-0.25, -0.2) is 0 Å². The van der Waals surface area contributed by atoms with Gasteiger partial charge in [0.15, 0.2) is 0 Å². The first-order chi connectivity index (χ1) is 8.58. The third kappa shape index (κ3) is 2.93. The highest BCUT2D eigenvalue weighted by Crippen LogP contribution is 2.20. The van der Waals surface area contributed by atoms with Gasteiger partial charge in [-0.1, -0.05) is 12.1 Å². The molecule has 0 atom stereocenters. The first kappa shape index (κ1) is 13.1. The monoisotopic (exact) mass is 307 g/mol. The zero-order valence-electron chi connectivity index (χ0n) is 10.8. The Kier molecular flexibility index (Phi) is 4.07. The van der Waals surface area contributed by atoms with Crippen molar-refractivity contribution in [1.82, 2.24) is 9.78 Å². The molecule has 0 unspecified atom stereocenters. The molecule has 3 nitrogen and oxygen atoms in total. The highest BCUT2D eigenvalue weighted by molar-refractivity contribution is 9.10. The lowest BCUT2D eigenvalue weighted by Gasteiger charge is -2.05. The highest BCUT2D eigenvalue weighted by Gasteiger charge is 2.07. The zero-order valence-corrected chi connectivity index (χ0v) is 12.4. The molecule has 18 heavy (non-hydrogen) atoms. The summed E-state index contributed by atoms with van der Waals surface area (Å²) in [4.78, 5) is 0. The number of anilines is 1. The van der Waals surface area contributed by atoms with Crippen LogP contribution in [0, 0.1) is 13.8 Å². The molecule has 0 spiro atoms. The molecule has 2 N–H and O–H groups in total. The lowest BCUT2D eigenvalue weighted by Crippen LogP contribution is -2.03. The van der Waals surface area contributed by atoms with Crippen molar-refractivity contribution in [1.29, 1.82) is 0 Å². The standard InChI is InChI=1S/C14H18BrN3/c1-10-14(15)11(2)18(17-10)9-3-4-12-5-7-13(16)8-6-12/h5-8H,3-4,9,16H2,1-2H3. The molecule has 2 aromatic rings. The molecule has 96 valence electrons. The molecule has 0 bridgehead atoms. The minimum absolute atomic E-state index is 0.821. The van der Waals surface area contributed by atoms with Crippen LogP contribution in [-0.4, -0.2) is 9.78 Å². The topological polar surface area (TPSA) is 43.8 Å². The summed E-state index contributed by atoms with van der Waals surface area (Å²) < 4.78 is 3.19. The summed E-state index contributed by atoms with van der Waals surface area (Å²) in [5.41, 5.74) is 10.1. The van der Waals surface area contributed by atoms with Crippen molar-refractivity contribution in [3.8, 4) is 0 Å². The second-order valence-corrected chi connectivity index (χ2v) is 5.35. The molecule has 4 heteroatoms. The number of rotatable bonds is 4. The fraction of sp³-hybridized carbons (Fsp3) is 0.357.